The van der Waals surface area contributed by atoms with Crippen LogP contribution in [0.15, 0.2) is 52.3 Å². The van der Waals surface area contributed by atoms with Gasteiger partial charge in [-0.25, -0.2) is 8.42 Å². The van der Waals surface area contributed by atoms with E-state index in [0.29, 0.717) is 23.7 Å². The van der Waals surface area contributed by atoms with Crippen molar-refractivity contribution < 1.29 is 42.7 Å². The van der Waals surface area contributed by atoms with E-state index in [1.165, 1.54) is 24.3 Å². The van der Waals surface area contributed by atoms with Gasteiger partial charge in [-0.2, -0.15) is 0 Å². The molecule has 9 nitrogen and oxygen atoms in total. The van der Waals surface area contributed by atoms with Crippen LogP contribution in [0.3, 0.4) is 0 Å². The molecule has 2 aromatic carbocycles. The Morgan fingerprint density at radius 3 is 1.84 bits per heavy atom. The van der Waals surface area contributed by atoms with Crippen LogP contribution in [0.2, 0.25) is 0 Å². The molecule has 0 aromatic heterocycles. The van der Waals surface area contributed by atoms with Gasteiger partial charge in [-0.15, -0.1) is 0 Å². The van der Waals surface area contributed by atoms with E-state index in [1.54, 1.807) is 18.2 Å². The first-order chi connectivity index (χ1) is 15.5. The Labute approximate surface area is 188 Å². The molecule has 0 aliphatic rings. The Kier molecular flexibility index (Phi) is 11.4. The summed E-state index contributed by atoms with van der Waals surface area (Å²) in [6, 6.07) is 10.6. The Bertz CT molecular complexity index is 898. The molecule has 178 valence electrons. The second-order valence-electron chi connectivity index (χ2n) is 6.59. The first-order valence-corrected chi connectivity index (χ1v) is 11.7. The molecule has 0 unspecified atom stereocenters. The van der Waals surface area contributed by atoms with E-state index in [4.69, 9.17) is 29.2 Å². The van der Waals surface area contributed by atoms with Crippen LogP contribution in [0.1, 0.15) is 5.56 Å². The van der Waals surface area contributed by atoms with Crippen molar-refractivity contribution in [2.45, 2.75) is 16.2 Å². The highest BCUT2D eigenvalue weighted by Gasteiger charge is 2.19. The van der Waals surface area contributed by atoms with Crippen LogP contribution >= 0.6 is 0 Å². The van der Waals surface area contributed by atoms with Gasteiger partial charge >= 0.3 is 0 Å². The standard InChI is InChI=1S/C22H30O9S/c23-8-7-18-17-21(5-6-22(18)31-16-14-29-12-10-25)32(26,27)20-3-1-19(2-4-20)30-15-13-28-11-9-24/h1-6,17,23-25H,7-16H2. The average molecular weight is 471 g/mol. The summed E-state index contributed by atoms with van der Waals surface area (Å²) in [5.74, 6) is 0.974. The van der Waals surface area contributed by atoms with Crippen LogP contribution < -0.4 is 9.47 Å². The molecule has 0 saturated carbocycles. The van der Waals surface area contributed by atoms with Crippen LogP contribution in [0.4, 0.5) is 0 Å². The summed E-state index contributed by atoms with van der Waals surface area (Å²) < 4.78 is 47.5. The smallest absolute Gasteiger partial charge is 0.206 e. The van der Waals surface area contributed by atoms with Crippen LogP contribution in [0.25, 0.3) is 0 Å². The van der Waals surface area contributed by atoms with E-state index >= 15 is 0 Å². The molecule has 32 heavy (non-hydrogen) atoms. The van der Waals surface area contributed by atoms with Crippen molar-refractivity contribution in [2.24, 2.45) is 0 Å². The lowest BCUT2D eigenvalue weighted by atomic mass is 10.1. The molecule has 2 rings (SSSR count). The zero-order valence-electron chi connectivity index (χ0n) is 17.8. The van der Waals surface area contributed by atoms with Crippen molar-refractivity contribution in [1.29, 1.82) is 0 Å². The number of hydrogen-bond donors (Lipinski definition) is 3. The van der Waals surface area contributed by atoms with Crippen molar-refractivity contribution in [3.63, 3.8) is 0 Å². The van der Waals surface area contributed by atoms with Crippen LogP contribution in [-0.4, -0.2) is 83.2 Å². The van der Waals surface area contributed by atoms with Gasteiger partial charge in [-0.1, -0.05) is 0 Å². The molecule has 2 aromatic rings. The monoisotopic (exact) mass is 470 g/mol. The summed E-state index contributed by atoms with van der Waals surface area (Å²) in [5, 5.41) is 26.7. The van der Waals surface area contributed by atoms with Crippen LogP contribution in [-0.2, 0) is 25.7 Å². The van der Waals surface area contributed by atoms with Gasteiger partial charge in [0.05, 0.1) is 49.4 Å². The van der Waals surface area contributed by atoms with Gasteiger partial charge in [0.2, 0.25) is 9.84 Å². The molecular weight excluding hydrogens is 440 g/mol. The third-order valence-corrected chi connectivity index (χ3v) is 6.08. The van der Waals surface area contributed by atoms with Crippen molar-refractivity contribution >= 4 is 9.84 Å². The molecule has 0 radical (unpaired) electrons. The molecule has 0 heterocycles. The Morgan fingerprint density at radius 2 is 1.25 bits per heavy atom. The number of hydrogen-bond acceptors (Lipinski definition) is 9. The highest BCUT2D eigenvalue weighted by Crippen LogP contribution is 2.28. The fraction of sp³-hybridized carbons (Fsp3) is 0.455. The van der Waals surface area contributed by atoms with E-state index in [1.807, 2.05) is 0 Å². The second kappa shape index (κ2) is 14.0. The van der Waals surface area contributed by atoms with Crippen molar-refractivity contribution in [3.8, 4) is 11.5 Å². The zero-order valence-corrected chi connectivity index (χ0v) is 18.6. The summed E-state index contributed by atoms with van der Waals surface area (Å²) in [6.45, 7) is 1.27. The first kappa shape index (κ1) is 26.0. The maximum absolute atomic E-state index is 13.0. The number of sulfone groups is 1. The molecule has 0 saturated heterocycles. The molecule has 0 aliphatic carbocycles. The number of aliphatic hydroxyl groups is 3. The zero-order chi connectivity index (χ0) is 23.2. The maximum Gasteiger partial charge on any atom is 0.206 e. The number of aliphatic hydroxyl groups excluding tert-OH is 3. The molecule has 0 aliphatic heterocycles. The van der Waals surface area contributed by atoms with Gasteiger partial charge in [-0.05, 0) is 54.4 Å². The SMILES string of the molecule is O=S(=O)(c1ccc(OCCOCCO)cc1)c1ccc(OCCOCCO)c(CCO)c1. The Hall–Kier alpha value is -2.21. The van der Waals surface area contributed by atoms with E-state index in [2.05, 4.69) is 0 Å². The fourth-order valence-electron chi connectivity index (χ4n) is 2.79. The minimum absolute atomic E-state index is 0.0568. The summed E-state index contributed by atoms with van der Waals surface area (Å²) in [4.78, 5) is 0.207. The second-order valence-corrected chi connectivity index (χ2v) is 8.54. The largest absolute Gasteiger partial charge is 0.491 e. The van der Waals surface area contributed by atoms with Crippen molar-refractivity contribution in [1.82, 2.24) is 0 Å². The van der Waals surface area contributed by atoms with Gasteiger partial charge in [0.15, 0.2) is 0 Å². The minimum Gasteiger partial charge on any atom is -0.491 e. The highest BCUT2D eigenvalue weighted by atomic mass is 32.2. The molecule has 0 spiro atoms. The number of benzene rings is 2. The van der Waals surface area contributed by atoms with Gasteiger partial charge < -0.3 is 34.3 Å². The molecule has 3 N–H and O–H groups in total. The minimum atomic E-state index is -3.78. The van der Waals surface area contributed by atoms with Gasteiger partial charge in [0.25, 0.3) is 0 Å². The summed E-state index contributed by atoms with van der Waals surface area (Å²) >= 11 is 0. The average Bonchev–Trinajstić information content (AvgIpc) is 2.80. The quantitative estimate of drug-likeness (QED) is 0.305. The van der Waals surface area contributed by atoms with Crippen molar-refractivity contribution in [2.75, 3.05) is 59.5 Å². The predicted octanol–water partition coefficient (Wildman–Crippen LogP) is 0.830. The fourth-order valence-corrected chi connectivity index (χ4v) is 4.10. The van der Waals surface area contributed by atoms with E-state index < -0.39 is 9.84 Å². The number of rotatable bonds is 16. The molecule has 0 amide bonds. The Morgan fingerprint density at radius 1 is 0.656 bits per heavy atom. The van der Waals surface area contributed by atoms with Crippen LogP contribution in [0.5, 0.6) is 11.5 Å². The Balaban J connectivity index is 2.07. The summed E-state index contributed by atoms with van der Waals surface area (Å²) in [6.07, 6.45) is 0.237. The lowest BCUT2D eigenvalue weighted by molar-refractivity contribution is 0.0702. The van der Waals surface area contributed by atoms with E-state index in [-0.39, 0.29) is 69.1 Å². The summed E-state index contributed by atoms with van der Waals surface area (Å²) in [5.41, 5.74) is 0.568. The van der Waals surface area contributed by atoms with Gasteiger partial charge in [-0.3, -0.25) is 0 Å². The lowest BCUT2D eigenvalue weighted by Gasteiger charge is -2.13. The normalized spacial score (nSPS) is 11.5. The molecule has 0 bridgehead atoms. The highest BCUT2D eigenvalue weighted by molar-refractivity contribution is 7.91. The number of ether oxygens (including phenoxy) is 4. The molecule has 0 atom stereocenters. The van der Waals surface area contributed by atoms with Crippen molar-refractivity contribution in [3.05, 3.63) is 48.0 Å². The van der Waals surface area contributed by atoms with E-state index in [0.717, 1.165) is 0 Å². The van der Waals surface area contributed by atoms with Crippen LogP contribution in [0, 0.1) is 0 Å². The first-order valence-electron chi connectivity index (χ1n) is 10.2. The third-order valence-electron chi connectivity index (χ3n) is 4.31. The topological polar surface area (TPSA) is 132 Å². The van der Waals surface area contributed by atoms with Gasteiger partial charge in [0, 0.05) is 6.61 Å². The summed E-state index contributed by atoms with van der Waals surface area (Å²) in [7, 11) is -3.78. The van der Waals surface area contributed by atoms with E-state index in [9.17, 15) is 13.5 Å². The predicted molar refractivity (Wildman–Crippen MR) is 116 cm³/mol. The molecule has 0 fully saturated rings. The lowest BCUT2D eigenvalue weighted by Crippen LogP contribution is -2.11. The van der Waals surface area contributed by atoms with Gasteiger partial charge in [0.1, 0.15) is 24.7 Å². The third kappa shape index (κ3) is 8.05. The maximum atomic E-state index is 13.0. The molecule has 10 heteroatoms. The molecular formula is C22H30O9S.